The number of hydrogen-bond donors (Lipinski definition) is 4. The Morgan fingerprint density at radius 1 is 1.07 bits per heavy atom. The molecule has 0 aromatic heterocycles. The van der Waals surface area contributed by atoms with Gasteiger partial charge in [-0.15, -0.1) is 9.79 Å². The number of rotatable bonds is 0. The van der Waals surface area contributed by atoms with E-state index >= 15 is 0 Å². The van der Waals surface area contributed by atoms with E-state index in [4.69, 9.17) is 25.8 Å². The standard InChI is InChI=1S/C9H14N2.HO3P/c1-5-4-6(2)9(11)7(3)8(5)10;1-4(2)3/h4H,10-11H2,1-3H3;(H-,1,2,3)/p+1. The molecule has 0 amide bonds. The third-order valence-electron chi connectivity index (χ3n) is 2.09. The van der Waals surface area contributed by atoms with Crippen molar-refractivity contribution < 1.29 is 14.4 Å². The van der Waals surface area contributed by atoms with Crippen molar-refractivity contribution in [2.75, 3.05) is 11.5 Å². The first-order chi connectivity index (χ1) is 6.77. The van der Waals surface area contributed by atoms with E-state index in [0.29, 0.717) is 0 Å². The maximum absolute atomic E-state index is 8.70. The highest BCUT2D eigenvalue weighted by molar-refractivity contribution is 7.30. The highest BCUT2D eigenvalue weighted by Gasteiger charge is 2.04. The van der Waals surface area contributed by atoms with Gasteiger partial charge in [0.1, 0.15) is 0 Å². The molecule has 0 bridgehead atoms. The van der Waals surface area contributed by atoms with Gasteiger partial charge in [-0.1, -0.05) is 6.07 Å². The van der Waals surface area contributed by atoms with Crippen molar-refractivity contribution >= 4 is 19.6 Å². The molecule has 0 spiro atoms. The fraction of sp³-hybridized carbons (Fsp3) is 0.333. The van der Waals surface area contributed by atoms with E-state index in [0.717, 1.165) is 28.1 Å². The van der Waals surface area contributed by atoms with Gasteiger partial charge in [-0.3, -0.25) is 0 Å². The zero-order chi connectivity index (χ0) is 12.2. The van der Waals surface area contributed by atoms with Crippen molar-refractivity contribution in [1.82, 2.24) is 0 Å². The zero-order valence-electron chi connectivity index (χ0n) is 8.98. The number of nitrogens with two attached hydrogens (primary N) is 2. The van der Waals surface area contributed by atoms with Crippen LogP contribution in [0.5, 0.6) is 0 Å². The molecule has 0 heterocycles. The maximum atomic E-state index is 8.70. The molecule has 0 atom stereocenters. The predicted molar refractivity (Wildman–Crippen MR) is 61.5 cm³/mol. The van der Waals surface area contributed by atoms with E-state index < -0.39 is 8.25 Å². The maximum Gasteiger partial charge on any atom is 0.692 e. The lowest BCUT2D eigenvalue weighted by atomic mass is 10.0. The van der Waals surface area contributed by atoms with Gasteiger partial charge in [-0.25, -0.2) is 0 Å². The molecule has 0 fully saturated rings. The monoisotopic (exact) mass is 231 g/mol. The molecule has 0 aliphatic rings. The second-order valence-electron chi connectivity index (χ2n) is 3.22. The van der Waals surface area contributed by atoms with Crippen LogP contribution in [0, 0.1) is 20.8 Å². The minimum absolute atomic E-state index is 0.813. The molecule has 0 unspecified atom stereocenters. The largest absolute Gasteiger partial charge is 0.692 e. The summed E-state index contributed by atoms with van der Waals surface area (Å²) in [5, 5.41) is 0. The summed E-state index contributed by atoms with van der Waals surface area (Å²) in [4.78, 5) is 14.2. The van der Waals surface area contributed by atoms with E-state index in [9.17, 15) is 0 Å². The lowest BCUT2D eigenvalue weighted by Gasteiger charge is -2.09. The van der Waals surface area contributed by atoms with Crippen molar-refractivity contribution in [2.24, 2.45) is 0 Å². The van der Waals surface area contributed by atoms with Gasteiger partial charge in [0.2, 0.25) is 0 Å². The number of anilines is 2. The van der Waals surface area contributed by atoms with Crippen LogP contribution in [0.4, 0.5) is 11.4 Å². The van der Waals surface area contributed by atoms with Gasteiger partial charge in [0.15, 0.2) is 0 Å². The molecular weight excluding hydrogens is 215 g/mol. The Kier molecular flexibility index (Phi) is 5.22. The summed E-state index contributed by atoms with van der Waals surface area (Å²) in [6, 6.07) is 2.01. The van der Waals surface area contributed by atoms with Gasteiger partial charge in [0, 0.05) is 15.9 Å². The van der Waals surface area contributed by atoms with Crippen LogP contribution in [0.1, 0.15) is 16.7 Å². The van der Waals surface area contributed by atoms with E-state index in [1.54, 1.807) is 0 Å². The first kappa shape index (κ1) is 13.8. The molecule has 0 saturated heterocycles. The molecule has 0 radical (unpaired) electrons. The number of aryl methyl sites for hydroxylation is 2. The Labute approximate surface area is 89.7 Å². The number of nitrogen functional groups attached to an aromatic ring is 2. The third kappa shape index (κ3) is 4.25. The zero-order valence-corrected chi connectivity index (χ0v) is 9.88. The molecule has 84 valence electrons. The number of benzene rings is 1. The van der Waals surface area contributed by atoms with Crippen molar-refractivity contribution in [2.45, 2.75) is 20.8 Å². The first-order valence-corrected chi connectivity index (χ1v) is 5.40. The smallest absolute Gasteiger partial charge is 0.398 e. The summed E-state index contributed by atoms with van der Waals surface area (Å²) in [7, 11) is -2.87. The van der Waals surface area contributed by atoms with Gasteiger partial charge >= 0.3 is 8.25 Å². The molecular formula is C9H16N2O3P+. The van der Waals surface area contributed by atoms with Crippen LogP contribution < -0.4 is 11.5 Å². The van der Waals surface area contributed by atoms with Gasteiger partial charge in [-0.05, 0) is 37.5 Å². The highest BCUT2D eigenvalue weighted by Crippen LogP contribution is 2.25. The van der Waals surface area contributed by atoms with Gasteiger partial charge in [0.25, 0.3) is 0 Å². The van der Waals surface area contributed by atoms with Crippen molar-refractivity contribution in [3.8, 4) is 0 Å². The van der Waals surface area contributed by atoms with Gasteiger partial charge in [0.05, 0.1) is 0 Å². The Morgan fingerprint density at radius 3 is 1.60 bits per heavy atom. The molecule has 1 aromatic rings. The Bertz CT molecular complexity index is 350. The summed E-state index contributed by atoms with van der Waals surface area (Å²) < 4.78 is 8.70. The Morgan fingerprint density at radius 2 is 1.33 bits per heavy atom. The van der Waals surface area contributed by atoms with Crippen LogP contribution >= 0.6 is 8.25 Å². The molecule has 1 aromatic carbocycles. The van der Waals surface area contributed by atoms with Crippen LogP contribution in [0.15, 0.2) is 6.07 Å². The van der Waals surface area contributed by atoms with E-state index in [1.807, 2.05) is 26.8 Å². The summed E-state index contributed by atoms with van der Waals surface area (Å²) in [5.74, 6) is 0. The summed E-state index contributed by atoms with van der Waals surface area (Å²) in [6.07, 6.45) is 0. The molecule has 5 nitrogen and oxygen atoms in total. The van der Waals surface area contributed by atoms with Crippen LogP contribution in [0.2, 0.25) is 0 Å². The Hall–Kier alpha value is -1.16. The summed E-state index contributed by atoms with van der Waals surface area (Å²) >= 11 is 0. The second-order valence-corrected chi connectivity index (χ2v) is 3.72. The Balaban J connectivity index is 0.000000423. The van der Waals surface area contributed by atoms with Crippen molar-refractivity contribution in [3.05, 3.63) is 22.8 Å². The van der Waals surface area contributed by atoms with Gasteiger partial charge < -0.3 is 11.5 Å². The average molecular weight is 231 g/mol. The molecule has 1 rings (SSSR count). The molecule has 15 heavy (non-hydrogen) atoms. The number of hydrogen-bond acceptors (Lipinski definition) is 3. The second kappa shape index (κ2) is 5.66. The van der Waals surface area contributed by atoms with Crippen LogP contribution in [0.25, 0.3) is 0 Å². The van der Waals surface area contributed by atoms with E-state index in [-0.39, 0.29) is 0 Å². The van der Waals surface area contributed by atoms with Crippen molar-refractivity contribution in [3.63, 3.8) is 0 Å². The van der Waals surface area contributed by atoms with Crippen LogP contribution in [-0.2, 0) is 4.57 Å². The van der Waals surface area contributed by atoms with Gasteiger partial charge in [-0.2, -0.15) is 0 Å². The quantitative estimate of drug-likeness (QED) is 0.398. The first-order valence-electron chi connectivity index (χ1n) is 4.24. The molecule has 0 aliphatic heterocycles. The topological polar surface area (TPSA) is 110 Å². The lowest BCUT2D eigenvalue weighted by Crippen LogP contribution is -2.00. The average Bonchev–Trinajstić information content (AvgIpc) is 2.11. The minimum Gasteiger partial charge on any atom is -0.398 e. The lowest BCUT2D eigenvalue weighted by molar-refractivity contribution is 0.405. The summed E-state index contributed by atoms with van der Waals surface area (Å²) in [6.45, 7) is 5.94. The molecule has 0 aliphatic carbocycles. The van der Waals surface area contributed by atoms with E-state index in [2.05, 4.69) is 0 Å². The van der Waals surface area contributed by atoms with Crippen LogP contribution in [-0.4, -0.2) is 9.79 Å². The van der Waals surface area contributed by atoms with E-state index in [1.165, 1.54) is 0 Å². The minimum atomic E-state index is -2.87. The SMILES string of the molecule is Cc1cc(C)c(N)c(C)c1N.O=[P+](O)O. The molecule has 6 heteroatoms. The highest BCUT2D eigenvalue weighted by atomic mass is 31.1. The molecule has 0 saturated carbocycles. The fourth-order valence-electron chi connectivity index (χ4n) is 1.22. The predicted octanol–water partition coefficient (Wildman–Crippen LogP) is 1.40. The molecule has 6 N–H and O–H groups in total. The van der Waals surface area contributed by atoms with Crippen molar-refractivity contribution in [1.29, 1.82) is 0 Å². The fourth-order valence-corrected chi connectivity index (χ4v) is 1.22. The van der Waals surface area contributed by atoms with Crippen LogP contribution in [0.3, 0.4) is 0 Å². The third-order valence-corrected chi connectivity index (χ3v) is 2.09. The summed E-state index contributed by atoms with van der Waals surface area (Å²) in [5.41, 5.74) is 16.4. The normalized spacial score (nSPS) is 9.13.